The summed E-state index contributed by atoms with van der Waals surface area (Å²) in [5, 5.41) is 6.18. The Balaban J connectivity index is 0.937. The largest absolute Gasteiger partial charge is 0.444 e. The highest BCUT2D eigenvalue weighted by Crippen LogP contribution is 2.42. The van der Waals surface area contributed by atoms with Crippen molar-refractivity contribution in [1.82, 2.24) is 24.8 Å². The topological polar surface area (TPSA) is 230 Å². The number of carbonyl (C=O) groups is 9. The second kappa shape index (κ2) is 30.2. The highest BCUT2D eigenvalue weighted by Gasteiger charge is 2.28. The number of hydrogen-bond donors (Lipinski definition) is 2. The Morgan fingerprint density at radius 1 is 0.658 bits per heavy atom. The summed E-state index contributed by atoms with van der Waals surface area (Å²) in [6.07, 6.45) is 6.91. The number of fused-ring (bicyclic) bond motifs is 3. The van der Waals surface area contributed by atoms with Gasteiger partial charge in [0.2, 0.25) is 0 Å². The van der Waals surface area contributed by atoms with Gasteiger partial charge in [-0.1, -0.05) is 13.3 Å². The third-order valence-corrected chi connectivity index (χ3v) is 15.3. The molecule has 0 radical (unpaired) electrons. The van der Waals surface area contributed by atoms with Gasteiger partial charge in [-0.3, -0.25) is 38.4 Å². The number of amides is 1. The number of aromatic nitrogens is 3. The van der Waals surface area contributed by atoms with Crippen LogP contribution in [0, 0.1) is 5.92 Å². The number of hydrogen-bond acceptors (Lipinski definition) is 16. The van der Waals surface area contributed by atoms with Crippen molar-refractivity contribution in [3.8, 4) is 0 Å². The molecule has 0 saturated carbocycles. The van der Waals surface area contributed by atoms with E-state index in [4.69, 9.17) is 19.4 Å². The molecule has 17 nitrogen and oxygen atoms in total. The minimum atomic E-state index is -0.654. The number of ketones is 8. The van der Waals surface area contributed by atoms with Crippen molar-refractivity contribution in [2.45, 2.75) is 220 Å². The second-order valence-corrected chi connectivity index (χ2v) is 24.1. The molecule has 0 bridgehead atoms. The minimum absolute atomic E-state index is 0.00191. The summed E-state index contributed by atoms with van der Waals surface area (Å²) in [4.78, 5) is 125. The molecule has 5 heterocycles. The fourth-order valence-corrected chi connectivity index (χ4v) is 10.9. The Kier molecular flexibility index (Phi) is 24.5. The van der Waals surface area contributed by atoms with Crippen LogP contribution in [0.5, 0.6) is 0 Å². The van der Waals surface area contributed by atoms with Crippen molar-refractivity contribution >= 4 is 90.8 Å². The number of aryl methyl sites for hydroxylation is 1. The molecule has 0 aromatic carbocycles. The van der Waals surface area contributed by atoms with Crippen LogP contribution in [-0.2, 0) is 60.8 Å². The van der Waals surface area contributed by atoms with Crippen molar-refractivity contribution in [3.05, 3.63) is 16.8 Å². The third-order valence-electron chi connectivity index (χ3n) is 14.0. The van der Waals surface area contributed by atoms with Crippen molar-refractivity contribution in [2.24, 2.45) is 5.92 Å². The molecule has 420 valence electrons. The van der Waals surface area contributed by atoms with E-state index in [0.717, 1.165) is 100 Å². The van der Waals surface area contributed by atoms with Crippen molar-refractivity contribution in [1.29, 1.82) is 0 Å². The number of ether oxygens (including phenoxy) is 2. The van der Waals surface area contributed by atoms with E-state index in [0.29, 0.717) is 24.8 Å². The second-order valence-electron chi connectivity index (χ2n) is 23.0. The van der Waals surface area contributed by atoms with Crippen molar-refractivity contribution < 1.29 is 52.6 Å². The number of anilines is 1. The zero-order valence-electron chi connectivity index (χ0n) is 46.6. The molecule has 0 aliphatic carbocycles. The predicted octanol–water partition coefficient (Wildman–Crippen LogP) is 10.1. The number of piperidine rings is 1. The van der Waals surface area contributed by atoms with Crippen LogP contribution in [-0.4, -0.2) is 122 Å². The van der Waals surface area contributed by atoms with E-state index in [1.165, 1.54) is 15.1 Å². The first-order valence-electron chi connectivity index (χ1n) is 28.1. The lowest BCUT2D eigenvalue weighted by Crippen LogP contribution is -2.34. The number of thiophene rings is 1. The first-order valence-corrected chi connectivity index (χ1v) is 28.9. The van der Waals surface area contributed by atoms with E-state index < -0.39 is 11.7 Å². The third kappa shape index (κ3) is 21.8. The maximum Gasteiger partial charge on any atom is 0.407 e. The van der Waals surface area contributed by atoms with Crippen LogP contribution < -0.4 is 10.6 Å². The van der Waals surface area contributed by atoms with Crippen LogP contribution in [0.15, 0.2) is 6.07 Å². The molecule has 2 saturated heterocycles. The number of likely N-dealkylation sites (tertiary alicyclic amines) is 1. The standard InChI is InChI=1S/C58H86N6O11S/c1-8-9-10-51-61-52-53(64(51)38-39-29-35-74-36-30-39)54-49(60-55(52)62-57(2,3)4)37-50(76-54)40-26-32-63(33-27-40)34-28-48(72)24-22-46(70)20-18-44(68)16-14-42(66)12-11-41(65)13-15-43(67)17-19-45(69)21-23-47(71)25-31-59-56(73)75-58(5,6)7/h37,39-40H,8-36,38H2,1-7H3,(H,59,73)(H,60,62). The van der Waals surface area contributed by atoms with Gasteiger partial charge < -0.3 is 29.6 Å². The van der Waals surface area contributed by atoms with Crippen LogP contribution in [0.2, 0.25) is 0 Å². The van der Waals surface area contributed by atoms with Gasteiger partial charge in [0.25, 0.3) is 0 Å². The predicted molar refractivity (Wildman–Crippen MR) is 295 cm³/mol. The van der Waals surface area contributed by atoms with Gasteiger partial charge in [-0.25, -0.2) is 14.8 Å². The van der Waals surface area contributed by atoms with Crippen molar-refractivity contribution in [2.75, 3.05) is 44.7 Å². The first kappa shape index (κ1) is 61.8. The molecule has 3 aromatic rings. The molecule has 3 aromatic heterocycles. The Morgan fingerprint density at radius 2 is 1.13 bits per heavy atom. The fourth-order valence-electron chi connectivity index (χ4n) is 9.57. The van der Waals surface area contributed by atoms with E-state index in [-0.39, 0.29) is 155 Å². The van der Waals surface area contributed by atoms with Gasteiger partial charge in [-0.15, -0.1) is 11.3 Å². The number of imidazole rings is 1. The number of unbranched alkanes of at least 4 members (excludes halogenated alkanes) is 1. The molecule has 2 fully saturated rings. The number of rotatable bonds is 34. The summed E-state index contributed by atoms with van der Waals surface area (Å²) >= 11 is 1.87. The van der Waals surface area contributed by atoms with E-state index in [1.807, 2.05) is 11.3 Å². The minimum Gasteiger partial charge on any atom is -0.444 e. The van der Waals surface area contributed by atoms with Crippen LogP contribution >= 0.6 is 11.3 Å². The van der Waals surface area contributed by atoms with Crippen LogP contribution in [0.3, 0.4) is 0 Å². The first-order chi connectivity index (χ1) is 36.0. The van der Waals surface area contributed by atoms with Crippen LogP contribution in [0.4, 0.5) is 10.6 Å². The summed E-state index contributed by atoms with van der Waals surface area (Å²) < 4.78 is 14.5. The maximum atomic E-state index is 12.9. The quantitative estimate of drug-likeness (QED) is 0.0567. The molecule has 1 amide bonds. The van der Waals surface area contributed by atoms with E-state index in [2.05, 4.69) is 53.9 Å². The lowest BCUT2D eigenvalue weighted by Gasteiger charge is -2.31. The summed E-state index contributed by atoms with van der Waals surface area (Å²) in [6, 6.07) is 2.30. The number of nitrogens with one attached hydrogen (secondary N) is 2. The number of nitrogens with zero attached hydrogens (tertiary/aromatic N) is 4. The molecular formula is C58H86N6O11S. The number of carbonyl (C=O) groups excluding carboxylic acids is 9. The highest BCUT2D eigenvalue weighted by atomic mass is 32.1. The van der Waals surface area contributed by atoms with Crippen LogP contribution in [0.1, 0.15) is 206 Å². The highest BCUT2D eigenvalue weighted by molar-refractivity contribution is 7.20. The average Bonchev–Trinajstić information content (AvgIpc) is 3.97. The monoisotopic (exact) mass is 1070 g/mol. The summed E-state index contributed by atoms with van der Waals surface area (Å²) in [6.45, 7) is 18.9. The van der Waals surface area contributed by atoms with Crippen molar-refractivity contribution in [3.63, 3.8) is 0 Å². The van der Waals surface area contributed by atoms with Crippen LogP contribution in [0.25, 0.3) is 21.3 Å². The zero-order valence-corrected chi connectivity index (χ0v) is 47.4. The van der Waals surface area contributed by atoms with Gasteiger partial charge in [0, 0.05) is 152 Å². The Morgan fingerprint density at radius 3 is 1.59 bits per heavy atom. The van der Waals surface area contributed by atoms with Gasteiger partial charge in [0.05, 0.1) is 15.7 Å². The van der Waals surface area contributed by atoms with E-state index in [1.54, 1.807) is 20.8 Å². The van der Waals surface area contributed by atoms with E-state index in [9.17, 15) is 43.2 Å². The zero-order chi connectivity index (χ0) is 55.4. The average molecular weight is 1080 g/mol. The summed E-state index contributed by atoms with van der Waals surface area (Å²) in [5.74, 6) is 1.37. The molecular weight excluding hydrogens is 989 g/mol. The summed E-state index contributed by atoms with van der Waals surface area (Å²) in [5.41, 5.74) is 2.34. The molecule has 2 N–H and O–H groups in total. The molecule has 5 rings (SSSR count). The lowest BCUT2D eigenvalue weighted by atomic mass is 9.95. The molecule has 18 heteroatoms. The normalized spacial score (nSPS) is 15.0. The number of alkyl carbamates (subject to hydrolysis) is 1. The van der Waals surface area contributed by atoms with Gasteiger partial charge >= 0.3 is 6.09 Å². The van der Waals surface area contributed by atoms with Gasteiger partial charge in [-0.2, -0.15) is 0 Å². The maximum absolute atomic E-state index is 12.9. The van der Waals surface area contributed by atoms with E-state index >= 15 is 0 Å². The van der Waals surface area contributed by atoms with Gasteiger partial charge in [0.1, 0.15) is 63.2 Å². The van der Waals surface area contributed by atoms with Gasteiger partial charge in [0.15, 0.2) is 5.82 Å². The lowest BCUT2D eigenvalue weighted by molar-refractivity contribution is -0.128. The number of Topliss-reactive ketones (excluding diaryl/α,β-unsaturated/α-hetero) is 8. The number of pyridine rings is 1. The molecule has 2 aliphatic heterocycles. The Hall–Kier alpha value is -5.07. The molecule has 76 heavy (non-hydrogen) atoms. The fraction of sp³-hybridized carbons (Fsp3) is 0.707. The molecule has 0 atom stereocenters. The Bertz CT molecular complexity index is 2500. The smallest absolute Gasteiger partial charge is 0.407 e. The molecule has 2 aliphatic rings. The summed E-state index contributed by atoms with van der Waals surface area (Å²) in [7, 11) is 0. The van der Waals surface area contributed by atoms with Gasteiger partial charge in [-0.05, 0) is 105 Å². The molecule has 0 unspecified atom stereocenters. The molecule has 0 spiro atoms. The Labute approximate surface area is 453 Å². The SMILES string of the molecule is CCCCc1nc2c(NC(C)(C)C)nc3cc(C4CCN(CCC(=O)CCC(=O)CCC(=O)CCC(=O)CCC(=O)CCC(=O)CCC(=O)CCC(=O)CCNC(=O)OC(C)(C)C)CC4)sc3c2n1CC1CCOCC1.